The molecule has 96 valence electrons. The topological polar surface area (TPSA) is 26.0 Å². The highest BCUT2D eigenvalue weighted by molar-refractivity contribution is 8.00. The zero-order valence-electron chi connectivity index (χ0n) is 9.15. The summed E-state index contributed by atoms with van der Waals surface area (Å²) in [5, 5.41) is 1.92. The standard InChI is InChI=1S/C12H10F3NS2/c13-12(14,15)18-9-5-3-8(4-6-9)11(16)10-2-1-7-17-10/h1-7,11H,16H2/t11-/m0/s1. The summed E-state index contributed by atoms with van der Waals surface area (Å²) in [6, 6.07) is 9.69. The van der Waals surface area contributed by atoms with Crippen molar-refractivity contribution in [2.45, 2.75) is 16.4 Å². The lowest BCUT2D eigenvalue weighted by Crippen LogP contribution is -2.09. The number of hydrogen-bond donors (Lipinski definition) is 1. The number of halogens is 3. The van der Waals surface area contributed by atoms with E-state index in [-0.39, 0.29) is 22.7 Å². The molecule has 0 aliphatic rings. The van der Waals surface area contributed by atoms with Gasteiger partial charge in [0, 0.05) is 9.77 Å². The van der Waals surface area contributed by atoms with Gasteiger partial charge in [-0.2, -0.15) is 13.2 Å². The molecule has 0 unspecified atom stereocenters. The van der Waals surface area contributed by atoms with Crippen LogP contribution < -0.4 is 5.73 Å². The molecule has 6 heteroatoms. The highest BCUT2D eigenvalue weighted by atomic mass is 32.2. The Hall–Kier alpha value is -0.980. The maximum absolute atomic E-state index is 12.2. The van der Waals surface area contributed by atoms with Gasteiger partial charge in [0.2, 0.25) is 0 Å². The van der Waals surface area contributed by atoms with Crippen molar-refractivity contribution in [2.75, 3.05) is 0 Å². The average molecular weight is 289 g/mol. The molecule has 0 bridgehead atoms. The second kappa shape index (κ2) is 5.34. The number of alkyl halides is 3. The lowest BCUT2D eigenvalue weighted by Gasteiger charge is -2.11. The highest BCUT2D eigenvalue weighted by Gasteiger charge is 2.29. The SMILES string of the molecule is N[C@@H](c1ccc(SC(F)(F)F)cc1)c1cccs1. The van der Waals surface area contributed by atoms with Gasteiger partial charge in [0.25, 0.3) is 0 Å². The first-order valence-electron chi connectivity index (χ1n) is 5.10. The first-order valence-corrected chi connectivity index (χ1v) is 6.80. The molecular weight excluding hydrogens is 279 g/mol. The Morgan fingerprint density at radius 2 is 1.78 bits per heavy atom. The number of thioether (sulfide) groups is 1. The van der Waals surface area contributed by atoms with E-state index < -0.39 is 5.51 Å². The van der Waals surface area contributed by atoms with Crippen molar-refractivity contribution in [3.63, 3.8) is 0 Å². The summed E-state index contributed by atoms with van der Waals surface area (Å²) in [4.78, 5) is 1.16. The van der Waals surface area contributed by atoms with Crippen LogP contribution in [0.15, 0.2) is 46.7 Å². The summed E-state index contributed by atoms with van der Waals surface area (Å²) in [6.07, 6.45) is 0. The Morgan fingerprint density at radius 3 is 2.28 bits per heavy atom. The minimum absolute atomic E-state index is 0.120. The van der Waals surface area contributed by atoms with Crippen LogP contribution >= 0.6 is 23.1 Å². The molecule has 0 spiro atoms. The van der Waals surface area contributed by atoms with E-state index in [2.05, 4.69) is 0 Å². The predicted molar refractivity (Wildman–Crippen MR) is 68.7 cm³/mol. The van der Waals surface area contributed by atoms with Crippen LogP contribution in [0.2, 0.25) is 0 Å². The fourth-order valence-corrected chi connectivity index (χ4v) is 2.80. The largest absolute Gasteiger partial charge is 0.446 e. The third-order valence-electron chi connectivity index (χ3n) is 2.32. The first-order chi connectivity index (χ1) is 8.46. The molecule has 1 atom stereocenters. The molecule has 2 aromatic rings. The molecule has 0 radical (unpaired) electrons. The van der Waals surface area contributed by atoms with Crippen molar-refractivity contribution in [1.29, 1.82) is 0 Å². The van der Waals surface area contributed by atoms with Crippen LogP contribution in [0.25, 0.3) is 0 Å². The molecule has 1 heterocycles. The van der Waals surface area contributed by atoms with E-state index in [1.54, 1.807) is 12.1 Å². The van der Waals surface area contributed by atoms with Gasteiger partial charge < -0.3 is 5.73 Å². The van der Waals surface area contributed by atoms with E-state index in [0.717, 1.165) is 10.4 Å². The molecule has 0 saturated heterocycles. The van der Waals surface area contributed by atoms with E-state index in [1.807, 2.05) is 17.5 Å². The first kappa shape index (κ1) is 13.5. The number of nitrogens with two attached hydrogens (primary N) is 1. The molecular formula is C12H10F3NS2. The van der Waals surface area contributed by atoms with Crippen LogP contribution in [0, 0.1) is 0 Å². The van der Waals surface area contributed by atoms with Gasteiger partial charge in [0.15, 0.2) is 0 Å². The van der Waals surface area contributed by atoms with E-state index in [4.69, 9.17) is 5.73 Å². The number of benzene rings is 1. The van der Waals surface area contributed by atoms with Crippen LogP contribution in [-0.2, 0) is 0 Å². The Morgan fingerprint density at radius 1 is 1.11 bits per heavy atom. The van der Waals surface area contributed by atoms with Gasteiger partial charge in [0.05, 0.1) is 6.04 Å². The molecule has 0 aliphatic carbocycles. The van der Waals surface area contributed by atoms with Gasteiger partial charge >= 0.3 is 5.51 Å². The van der Waals surface area contributed by atoms with E-state index in [1.165, 1.54) is 23.5 Å². The highest BCUT2D eigenvalue weighted by Crippen LogP contribution is 2.37. The van der Waals surface area contributed by atoms with E-state index in [0.29, 0.717) is 0 Å². The van der Waals surface area contributed by atoms with Gasteiger partial charge in [-0.15, -0.1) is 11.3 Å². The Balaban J connectivity index is 2.13. The van der Waals surface area contributed by atoms with Crippen LogP contribution in [0.5, 0.6) is 0 Å². The monoisotopic (exact) mass is 289 g/mol. The molecule has 0 saturated carbocycles. The van der Waals surface area contributed by atoms with Crippen LogP contribution in [0.4, 0.5) is 13.2 Å². The van der Waals surface area contributed by atoms with Crippen molar-refractivity contribution >= 4 is 23.1 Å². The van der Waals surface area contributed by atoms with Gasteiger partial charge in [-0.05, 0) is 40.9 Å². The maximum atomic E-state index is 12.2. The zero-order chi connectivity index (χ0) is 13.2. The van der Waals surface area contributed by atoms with Crippen LogP contribution in [0.3, 0.4) is 0 Å². The molecule has 0 amide bonds. The van der Waals surface area contributed by atoms with Crippen molar-refractivity contribution in [3.05, 3.63) is 52.2 Å². The number of hydrogen-bond acceptors (Lipinski definition) is 3. The average Bonchev–Trinajstić information content (AvgIpc) is 2.80. The Bertz CT molecular complexity index is 491. The summed E-state index contributed by atoms with van der Waals surface area (Å²) >= 11 is 1.41. The van der Waals surface area contributed by atoms with Crippen molar-refractivity contribution in [1.82, 2.24) is 0 Å². The molecule has 0 aliphatic heterocycles. The lowest BCUT2D eigenvalue weighted by atomic mass is 10.1. The molecule has 2 rings (SSSR count). The minimum atomic E-state index is -4.25. The van der Waals surface area contributed by atoms with Crippen molar-refractivity contribution in [2.24, 2.45) is 5.73 Å². The Labute approximate surface area is 111 Å². The second-order valence-corrected chi connectivity index (χ2v) is 5.73. The van der Waals surface area contributed by atoms with Crippen molar-refractivity contribution < 1.29 is 13.2 Å². The zero-order valence-corrected chi connectivity index (χ0v) is 10.8. The third-order valence-corrected chi connectivity index (χ3v) is 4.02. The van der Waals surface area contributed by atoms with E-state index in [9.17, 15) is 13.2 Å². The predicted octanol–water partition coefficient (Wildman–Crippen LogP) is 4.41. The van der Waals surface area contributed by atoms with Gasteiger partial charge in [-0.3, -0.25) is 0 Å². The lowest BCUT2D eigenvalue weighted by molar-refractivity contribution is -0.0328. The summed E-state index contributed by atoms with van der Waals surface area (Å²) in [7, 11) is 0. The quantitative estimate of drug-likeness (QED) is 0.847. The fraction of sp³-hybridized carbons (Fsp3) is 0.167. The molecule has 0 fully saturated rings. The van der Waals surface area contributed by atoms with Crippen LogP contribution in [-0.4, -0.2) is 5.51 Å². The van der Waals surface area contributed by atoms with Crippen molar-refractivity contribution in [3.8, 4) is 0 Å². The van der Waals surface area contributed by atoms with Crippen LogP contribution in [0.1, 0.15) is 16.5 Å². The summed E-state index contributed by atoms with van der Waals surface area (Å²) < 4.78 is 36.5. The summed E-state index contributed by atoms with van der Waals surface area (Å²) in [5.74, 6) is 0. The van der Waals surface area contributed by atoms with E-state index >= 15 is 0 Å². The van der Waals surface area contributed by atoms with Gasteiger partial charge in [-0.25, -0.2) is 0 Å². The normalized spacial score (nSPS) is 13.6. The Kier molecular flexibility index (Phi) is 3.99. The van der Waals surface area contributed by atoms with Gasteiger partial charge in [-0.1, -0.05) is 18.2 Å². The molecule has 1 aromatic carbocycles. The summed E-state index contributed by atoms with van der Waals surface area (Å²) in [5.41, 5.74) is 2.58. The molecule has 1 aromatic heterocycles. The molecule has 18 heavy (non-hydrogen) atoms. The molecule has 2 N–H and O–H groups in total. The molecule has 1 nitrogen and oxygen atoms in total. The number of thiophene rings is 1. The smallest absolute Gasteiger partial charge is 0.320 e. The van der Waals surface area contributed by atoms with Gasteiger partial charge in [0.1, 0.15) is 0 Å². The minimum Gasteiger partial charge on any atom is -0.320 e. The second-order valence-electron chi connectivity index (χ2n) is 3.61. The third kappa shape index (κ3) is 3.51. The summed E-state index contributed by atoms with van der Waals surface area (Å²) in [6.45, 7) is 0. The maximum Gasteiger partial charge on any atom is 0.446 e. The number of rotatable bonds is 3. The fourth-order valence-electron chi connectivity index (χ4n) is 1.51.